The molecule has 0 spiro atoms. The quantitative estimate of drug-likeness (QED) is 0.797. The van der Waals surface area contributed by atoms with E-state index in [9.17, 15) is 18.4 Å². The van der Waals surface area contributed by atoms with E-state index >= 15 is 0 Å². The fourth-order valence-corrected chi connectivity index (χ4v) is 1.62. The number of para-hydroxylation sites is 1. The van der Waals surface area contributed by atoms with Crippen LogP contribution in [0, 0.1) is 0 Å². The minimum atomic E-state index is -2.67. The minimum Gasteiger partial charge on any atom is -0.478 e. The maximum absolute atomic E-state index is 11.9. The molecule has 0 aromatic heterocycles. The Labute approximate surface area is 109 Å². The summed E-state index contributed by atoms with van der Waals surface area (Å²) in [5.74, 6) is -1.24. The molecule has 98 valence electrons. The van der Waals surface area contributed by atoms with Crippen LogP contribution in [-0.4, -0.2) is 30.1 Å². The molecule has 3 N–H and O–H groups in total. The zero-order valence-electron chi connectivity index (χ0n) is 8.91. The van der Waals surface area contributed by atoms with Crippen molar-refractivity contribution in [2.45, 2.75) is 6.43 Å². The number of aromatic carboxylic acids is 1. The third-order valence-electron chi connectivity index (χ3n) is 1.90. The number of anilines is 1. The first-order chi connectivity index (χ1) is 8.41. The van der Waals surface area contributed by atoms with Gasteiger partial charge in [0.25, 0.3) is 6.43 Å². The highest BCUT2D eigenvalue weighted by Gasteiger charge is 2.15. The largest absolute Gasteiger partial charge is 0.478 e. The number of halogens is 3. The van der Waals surface area contributed by atoms with Gasteiger partial charge in [0.2, 0.25) is 0 Å². The van der Waals surface area contributed by atoms with Crippen molar-refractivity contribution < 1.29 is 23.5 Å². The number of hydrogen-bond donors (Lipinski definition) is 3. The van der Waals surface area contributed by atoms with Gasteiger partial charge in [0.1, 0.15) is 0 Å². The summed E-state index contributed by atoms with van der Waals surface area (Å²) in [4.78, 5) is 22.2. The predicted octanol–water partition coefficient (Wildman–Crippen LogP) is 2.53. The molecule has 18 heavy (non-hydrogen) atoms. The summed E-state index contributed by atoms with van der Waals surface area (Å²) in [6, 6.07) is 3.39. The Kier molecular flexibility index (Phi) is 5.02. The van der Waals surface area contributed by atoms with Crippen LogP contribution in [-0.2, 0) is 0 Å². The van der Waals surface area contributed by atoms with Gasteiger partial charge in [-0.25, -0.2) is 18.4 Å². The molecule has 0 fully saturated rings. The SMILES string of the molecule is O=C(NCC(F)F)Nc1c(Br)cccc1C(=O)O. The van der Waals surface area contributed by atoms with E-state index in [1.807, 2.05) is 5.32 Å². The van der Waals surface area contributed by atoms with Gasteiger partial charge < -0.3 is 15.7 Å². The summed E-state index contributed by atoms with van der Waals surface area (Å²) in [6.07, 6.45) is -2.67. The molecule has 1 aromatic rings. The smallest absolute Gasteiger partial charge is 0.337 e. The summed E-state index contributed by atoms with van der Waals surface area (Å²) >= 11 is 3.07. The summed E-state index contributed by atoms with van der Waals surface area (Å²) < 4.78 is 24.1. The topological polar surface area (TPSA) is 78.4 Å². The lowest BCUT2D eigenvalue weighted by Crippen LogP contribution is -2.33. The molecular weight excluding hydrogens is 314 g/mol. The number of nitrogens with one attached hydrogen (secondary N) is 2. The van der Waals surface area contributed by atoms with E-state index in [-0.39, 0.29) is 11.3 Å². The number of alkyl halides is 2. The highest BCUT2D eigenvalue weighted by atomic mass is 79.9. The lowest BCUT2D eigenvalue weighted by molar-refractivity contribution is 0.0698. The average Bonchev–Trinajstić information content (AvgIpc) is 2.28. The Morgan fingerprint density at radius 3 is 2.61 bits per heavy atom. The van der Waals surface area contributed by atoms with E-state index < -0.39 is 25.0 Å². The molecule has 0 saturated carbocycles. The third-order valence-corrected chi connectivity index (χ3v) is 2.56. The molecule has 1 rings (SSSR count). The van der Waals surface area contributed by atoms with Crippen LogP contribution in [0.5, 0.6) is 0 Å². The van der Waals surface area contributed by atoms with Crippen molar-refractivity contribution in [3.63, 3.8) is 0 Å². The number of urea groups is 1. The van der Waals surface area contributed by atoms with Crippen molar-refractivity contribution >= 4 is 33.6 Å². The normalized spacial score (nSPS) is 10.2. The van der Waals surface area contributed by atoms with Crippen LogP contribution in [0.25, 0.3) is 0 Å². The lowest BCUT2D eigenvalue weighted by atomic mass is 10.2. The van der Waals surface area contributed by atoms with E-state index in [1.54, 1.807) is 0 Å². The second-order valence-electron chi connectivity index (χ2n) is 3.19. The van der Waals surface area contributed by atoms with Crippen LogP contribution in [0.3, 0.4) is 0 Å². The third kappa shape index (κ3) is 3.95. The van der Waals surface area contributed by atoms with Crippen molar-refractivity contribution in [3.8, 4) is 0 Å². The summed E-state index contributed by atoms with van der Waals surface area (Å²) in [5.41, 5.74) is -0.131. The summed E-state index contributed by atoms with van der Waals surface area (Å²) in [6.45, 7) is -0.807. The molecule has 1 aromatic carbocycles. The molecule has 0 aliphatic rings. The Morgan fingerprint density at radius 1 is 1.39 bits per heavy atom. The van der Waals surface area contributed by atoms with Crippen LogP contribution in [0.1, 0.15) is 10.4 Å². The van der Waals surface area contributed by atoms with Crippen molar-refractivity contribution in [3.05, 3.63) is 28.2 Å². The van der Waals surface area contributed by atoms with Crippen LogP contribution in [0.2, 0.25) is 0 Å². The number of carboxylic acids is 1. The number of amides is 2. The highest BCUT2D eigenvalue weighted by Crippen LogP contribution is 2.26. The van der Waals surface area contributed by atoms with Gasteiger partial charge in [0.15, 0.2) is 0 Å². The van der Waals surface area contributed by atoms with Crippen LogP contribution in [0.4, 0.5) is 19.3 Å². The van der Waals surface area contributed by atoms with E-state index in [2.05, 4.69) is 21.2 Å². The van der Waals surface area contributed by atoms with Gasteiger partial charge in [-0.15, -0.1) is 0 Å². The molecule has 0 heterocycles. The lowest BCUT2D eigenvalue weighted by Gasteiger charge is -2.11. The molecule has 8 heteroatoms. The number of benzene rings is 1. The number of carbonyl (C=O) groups excluding carboxylic acids is 1. The molecule has 0 aliphatic heterocycles. The Balaban J connectivity index is 2.83. The van der Waals surface area contributed by atoms with Crippen molar-refractivity contribution in [1.82, 2.24) is 5.32 Å². The van der Waals surface area contributed by atoms with E-state index in [1.165, 1.54) is 18.2 Å². The fourth-order valence-electron chi connectivity index (χ4n) is 1.16. The van der Waals surface area contributed by atoms with Crippen LogP contribution >= 0.6 is 15.9 Å². The first-order valence-corrected chi connectivity index (χ1v) is 5.56. The van der Waals surface area contributed by atoms with Crippen LogP contribution in [0.15, 0.2) is 22.7 Å². The zero-order valence-corrected chi connectivity index (χ0v) is 10.5. The molecule has 0 atom stereocenters. The molecule has 2 amide bonds. The molecular formula is C10H9BrF2N2O3. The van der Waals surface area contributed by atoms with Gasteiger partial charge >= 0.3 is 12.0 Å². The molecule has 0 unspecified atom stereocenters. The van der Waals surface area contributed by atoms with Crippen molar-refractivity contribution in [2.24, 2.45) is 0 Å². The van der Waals surface area contributed by atoms with E-state index in [0.717, 1.165) is 0 Å². The maximum atomic E-state index is 11.9. The van der Waals surface area contributed by atoms with Crippen LogP contribution < -0.4 is 10.6 Å². The predicted molar refractivity (Wildman–Crippen MR) is 64.1 cm³/mol. The molecule has 5 nitrogen and oxygen atoms in total. The number of carboxylic acid groups (broad SMARTS) is 1. The van der Waals surface area contributed by atoms with Crippen molar-refractivity contribution in [2.75, 3.05) is 11.9 Å². The fraction of sp³-hybridized carbons (Fsp3) is 0.200. The standard InChI is InChI=1S/C10H9BrF2N2O3/c11-6-3-1-2-5(9(16)17)8(6)15-10(18)14-4-7(12)13/h1-3,7H,4H2,(H,16,17)(H2,14,15,18). The second kappa shape index (κ2) is 6.29. The zero-order chi connectivity index (χ0) is 13.7. The molecule has 0 radical (unpaired) electrons. The number of rotatable bonds is 4. The average molecular weight is 323 g/mol. The number of hydrogen-bond acceptors (Lipinski definition) is 2. The highest BCUT2D eigenvalue weighted by molar-refractivity contribution is 9.10. The summed E-state index contributed by atoms with van der Waals surface area (Å²) in [5, 5.41) is 13.0. The Morgan fingerprint density at radius 2 is 2.06 bits per heavy atom. The Bertz CT molecular complexity index is 468. The van der Waals surface area contributed by atoms with Gasteiger partial charge in [-0.3, -0.25) is 0 Å². The van der Waals surface area contributed by atoms with Gasteiger partial charge in [-0.1, -0.05) is 6.07 Å². The van der Waals surface area contributed by atoms with E-state index in [4.69, 9.17) is 5.11 Å². The van der Waals surface area contributed by atoms with Gasteiger partial charge in [-0.2, -0.15) is 0 Å². The van der Waals surface area contributed by atoms with Gasteiger partial charge in [0, 0.05) is 4.47 Å². The summed E-state index contributed by atoms with van der Waals surface area (Å²) in [7, 11) is 0. The van der Waals surface area contributed by atoms with Gasteiger partial charge in [-0.05, 0) is 28.1 Å². The van der Waals surface area contributed by atoms with Crippen molar-refractivity contribution in [1.29, 1.82) is 0 Å². The Hall–Kier alpha value is -1.70. The molecule has 0 saturated heterocycles. The molecule has 0 aliphatic carbocycles. The maximum Gasteiger partial charge on any atom is 0.337 e. The second-order valence-corrected chi connectivity index (χ2v) is 4.05. The first-order valence-electron chi connectivity index (χ1n) is 4.76. The number of carbonyl (C=O) groups is 2. The van der Waals surface area contributed by atoms with E-state index in [0.29, 0.717) is 4.47 Å². The minimum absolute atomic E-state index is 0.0109. The monoisotopic (exact) mass is 322 g/mol. The first kappa shape index (κ1) is 14.4. The molecule has 0 bridgehead atoms. The van der Waals surface area contributed by atoms with Gasteiger partial charge in [0.05, 0.1) is 17.8 Å².